The third kappa shape index (κ3) is 3.76. The summed E-state index contributed by atoms with van der Waals surface area (Å²) in [5.74, 6) is -9.06. The zero-order chi connectivity index (χ0) is 18.6. The molecule has 0 unspecified atom stereocenters. The molecule has 0 saturated heterocycles. The van der Waals surface area contributed by atoms with E-state index in [-0.39, 0.29) is 18.2 Å². The lowest BCUT2D eigenvalue weighted by atomic mass is 10.00. The molecule has 2 rings (SSSR count). The predicted octanol–water partition coefficient (Wildman–Crippen LogP) is 4.31. The molecule has 1 radical (unpaired) electrons. The number of allylic oxidation sites excluding steroid dienone is 2. The Kier molecular flexibility index (Phi) is 5.69. The number of hydrogen-bond acceptors (Lipinski definition) is 3. The van der Waals surface area contributed by atoms with Crippen molar-refractivity contribution in [1.29, 1.82) is 0 Å². The average Bonchev–Trinajstić information content (AvgIpc) is 2.63. The van der Waals surface area contributed by atoms with Crippen LogP contribution in [0.4, 0.5) is 23.2 Å². The van der Waals surface area contributed by atoms with Crippen molar-refractivity contribution in [1.82, 2.24) is 0 Å². The Bertz CT molecular complexity index is 848. The van der Waals surface area contributed by atoms with Gasteiger partial charge >= 0.3 is 0 Å². The van der Waals surface area contributed by atoms with E-state index in [0.717, 1.165) is 0 Å². The fourth-order valence-corrected chi connectivity index (χ4v) is 2.14. The number of anilines is 1. The third-order valence-corrected chi connectivity index (χ3v) is 3.40. The number of carbonyl (C=O) groups excluding carboxylic acids is 2. The van der Waals surface area contributed by atoms with Gasteiger partial charge in [-0.15, -0.1) is 0 Å². The van der Waals surface area contributed by atoms with Gasteiger partial charge in [-0.2, -0.15) is 0 Å². The Morgan fingerprint density at radius 2 is 1.68 bits per heavy atom. The van der Waals surface area contributed by atoms with E-state index >= 15 is 0 Å². The highest BCUT2D eigenvalue weighted by Crippen LogP contribution is 2.23. The Hall–Kier alpha value is -2.96. The van der Waals surface area contributed by atoms with E-state index < -0.39 is 40.2 Å². The van der Waals surface area contributed by atoms with E-state index in [9.17, 15) is 27.2 Å². The number of halogens is 4. The summed E-state index contributed by atoms with van der Waals surface area (Å²) in [6.45, 7) is 1.61. The van der Waals surface area contributed by atoms with Crippen LogP contribution in [-0.4, -0.2) is 12.1 Å². The largest absolute Gasteiger partial charge is 0.358 e. The number of carbonyl (C=O) groups is 1. The van der Waals surface area contributed by atoms with Gasteiger partial charge in [0.2, 0.25) is 12.1 Å². The molecular weight excluding hydrogens is 338 g/mol. The number of ketones is 1. The van der Waals surface area contributed by atoms with Crippen LogP contribution in [0.5, 0.6) is 0 Å². The molecule has 2 aromatic rings. The first-order chi connectivity index (χ1) is 11.9. The van der Waals surface area contributed by atoms with Crippen molar-refractivity contribution in [3.05, 3.63) is 76.5 Å². The number of Topliss-reactive ketones (excluding diaryl/α,β-unsaturated/α-hetero) is 1. The van der Waals surface area contributed by atoms with Crippen LogP contribution < -0.4 is 5.32 Å². The van der Waals surface area contributed by atoms with Gasteiger partial charge in [0.25, 0.3) is 0 Å². The smallest absolute Gasteiger partial charge is 0.239 e. The number of benzene rings is 2. The molecule has 2 aromatic carbocycles. The molecule has 1 N–H and O–H groups in total. The first-order valence-electron chi connectivity index (χ1n) is 7.21. The molecule has 0 fully saturated rings. The molecule has 3 nitrogen and oxygen atoms in total. The fourth-order valence-electron chi connectivity index (χ4n) is 2.14. The van der Waals surface area contributed by atoms with Gasteiger partial charge in [-0.25, -0.2) is 17.6 Å². The maximum absolute atomic E-state index is 13.8. The van der Waals surface area contributed by atoms with E-state index in [1.54, 1.807) is 37.3 Å². The average molecular weight is 350 g/mol. The number of rotatable bonds is 6. The van der Waals surface area contributed by atoms with Crippen LogP contribution in [0.25, 0.3) is 0 Å². The van der Waals surface area contributed by atoms with Crippen LogP contribution in [-0.2, 0) is 4.79 Å². The maximum atomic E-state index is 13.8. The standard InChI is InChI=1S/C18H12F4NO2/c1-2-14(23-10-6-4-3-5-7-10)12(9-24)18(25)11-8-13(19)16(21)17(22)15(11)20/h3-8,23H,2H2,1H3. The molecule has 0 bridgehead atoms. The topological polar surface area (TPSA) is 46.2 Å². The highest BCUT2D eigenvalue weighted by molar-refractivity contribution is 6.21. The minimum absolute atomic E-state index is 0.0794. The molecule has 0 aromatic heterocycles. The maximum Gasteiger partial charge on any atom is 0.239 e. The van der Waals surface area contributed by atoms with Crippen molar-refractivity contribution < 1.29 is 27.2 Å². The molecule has 0 atom stereocenters. The second-order valence-electron chi connectivity index (χ2n) is 4.98. The van der Waals surface area contributed by atoms with Crippen molar-refractivity contribution in [3.8, 4) is 0 Å². The highest BCUT2D eigenvalue weighted by Gasteiger charge is 2.26. The van der Waals surface area contributed by atoms with Gasteiger partial charge in [0, 0.05) is 11.4 Å². The number of nitrogens with one attached hydrogen (secondary N) is 1. The summed E-state index contributed by atoms with van der Waals surface area (Å²) in [5.41, 5.74) is -1.10. The van der Waals surface area contributed by atoms with Gasteiger partial charge in [0.15, 0.2) is 23.3 Å². The molecule has 0 heterocycles. The van der Waals surface area contributed by atoms with Crippen LogP contribution in [0.1, 0.15) is 23.7 Å². The quantitative estimate of drug-likeness (QED) is 0.161. The van der Waals surface area contributed by atoms with E-state index in [2.05, 4.69) is 5.32 Å². The molecule has 25 heavy (non-hydrogen) atoms. The second kappa shape index (κ2) is 7.74. The van der Waals surface area contributed by atoms with Gasteiger partial charge in [0.1, 0.15) is 0 Å². The normalized spacial score (nSPS) is 11.7. The molecule has 0 aliphatic heterocycles. The fraction of sp³-hybridized carbons (Fsp3) is 0.111. The van der Waals surface area contributed by atoms with E-state index in [1.165, 1.54) is 6.29 Å². The van der Waals surface area contributed by atoms with Crippen molar-refractivity contribution in [2.24, 2.45) is 0 Å². The van der Waals surface area contributed by atoms with E-state index in [4.69, 9.17) is 0 Å². The minimum Gasteiger partial charge on any atom is -0.358 e. The van der Waals surface area contributed by atoms with Crippen molar-refractivity contribution in [2.75, 3.05) is 5.32 Å². The summed E-state index contributed by atoms with van der Waals surface area (Å²) >= 11 is 0. The lowest BCUT2D eigenvalue weighted by molar-refractivity contribution is 0.103. The van der Waals surface area contributed by atoms with Gasteiger partial charge in [-0.1, -0.05) is 25.1 Å². The van der Waals surface area contributed by atoms with Gasteiger partial charge < -0.3 is 5.32 Å². The molecular formula is C18H12F4NO2. The SMILES string of the molecule is CCC(Nc1ccccc1)=C([C]=O)C(=O)c1cc(F)c(F)c(F)c1F. The Labute approximate surface area is 141 Å². The van der Waals surface area contributed by atoms with E-state index in [1.807, 2.05) is 0 Å². The lowest BCUT2D eigenvalue weighted by Gasteiger charge is -2.12. The van der Waals surface area contributed by atoms with Crippen molar-refractivity contribution >= 4 is 17.8 Å². The lowest BCUT2D eigenvalue weighted by Crippen LogP contribution is -2.15. The molecule has 0 aliphatic carbocycles. The number of para-hydroxylation sites is 1. The first-order valence-corrected chi connectivity index (χ1v) is 7.21. The summed E-state index contributed by atoms with van der Waals surface area (Å²) in [5, 5.41) is 2.80. The summed E-state index contributed by atoms with van der Waals surface area (Å²) in [6.07, 6.45) is 1.52. The third-order valence-electron chi connectivity index (χ3n) is 3.40. The zero-order valence-electron chi connectivity index (χ0n) is 13.0. The van der Waals surface area contributed by atoms with Crippen LogP contribution >= 0.6 is 0 Å². The van der Waals surface area contributed by atoms with Crippen LogP contribution in [0.3, 0.4) is 0 Å². The number of hydrogen-bond donors (Lipinski definition) is 1. The van der Waals surface area contributed by atoms with Crippen LogP contribution in [0.2, 0.25) is 0 Å². The van der Waals surface area contributed by atoms with Gasteiger partial charge in [-0.3, -0.25) is 9.59 Å². The van der Waals surface area contributed by atoms with Gasteiger partial charge in [-0.05, 0) is 24.6 Å². The monoisotopic (exact) mass is 350 g/mol. The Balaban J connectivity index is 2.52. The van der Waals surface area contributed by atoms with Crippen molar-refractivity contribution in [2.45, 2.75) is 13.3 Å². The molecule has 0 saturated carbocycles. The summed E-state index contributed by atoms with van der Waals surface area (Å²) < 4.78 is 53.5. The Morgan fingerprint density at radius 3 is 2.24 bits per heavy atom. The summed E-state index contributed by atoms with van der Waals surface area (Å²) in [7, 11) is 0. The minimum atomic E-state index is -2.12. The molecule has 0 aliphatic rings. The van der Waals surface area contributed by atoms with E-state index in [0.29, 0.717) is 5.69 Å². The predicted molar refractivity (Wildman–Crippen MR) is 83.7 cm³/mol. The molecule has 0 amide bonds. The van der Waals surface area contributed by atoms with Crippen molar-refractivity contribution in [3.63, 3.8) is 0 Å². The summed E-state index contributed by atoms with van der Waals surface area (Å²) in [4.78, 5) is 23.6. The van der Waals surface area contributed by atoms with Gasteiger partial charge in [0.05, 0.1) is 11.1 Å². The highest BCUT2D eigenvalue weighted by atomic mass is 19.2. The first kappa shape index (κ1) is 18.4. The zero-order valence-corrected chi connectivity index (χ0v) is 13.0. The summed E-state index contributed by atoms with van der Waals surface area (Å²) in [6, 6.07) is 8.67. The molecule has 7 heteroatoms. The molecule has 0 spiro atoms. The van der Waals surface area contributed by atoms with Crippen LogP contribution in [0.15, 0.2) is 47.7 Å². The molecule has 129 valence electrons. The Morgan fingerprint density at radius 1 is 1.04 bits per heavy atom. The second-order valence-corrected chi connectivity index (χ2v) is 4.98. The van der Waals surface area contributed by atoms with Crippen LogP contribution in [0, 0.1) is 23.3 Å².